The summed E-state index contributed by atoms with van der Waals surface area (Å²) in [7, 11) is 0. The third kappa shape index (κ3) is 6.54. The van der Waals surface area contributed by atoms with Gasteiger partial charge in [-0.3, -0.25) is 4.90 Å². The number of fused-ring (bicyclic) bond motifs is 1. The molecule has 9 nitrogen and oxygen atoms in total. The highest BCUT2D eigenvalue weighted by Crippen LogP contribution is 2.27. The summed E-state index contributed by atoms with van der Waals surface area (Å²) >= 11 is 6.02. The van der Waals surface area contributed by atoms with Crippen LogP contribution in [0.4, 0.5) is 0 Å². The second-order valence-corrected chi connectivity index (χ2v) is 11.8. The minimum absolute atomic E-state index is 0.120. The molecule has 0 N–H and O–H groups in total. The molecule has 0 aliphatic carbocycles. The molecule has 1 unspecified atom stereocenters. The maximum absolute atomic E-state index is 6.31. The minimum atomic E-state index is 0.120. The highest BCUT2D eigenvalue weighted by Gasteiger charge is 2.26. The van der Waals surface area contributed by atoms with Crippen molar-refractivity contribution in [3.63, 3.8) is 0 Å². The van der Waals surface area contributed by atoms with E-state index in [9.17, 15) is 0 Å². The third-order valence-electron chi connectivity index (χ3n) is 8.24. The van der Waals surface area contributed by atoms with E-state index in [1.54, 1.807) is 6.20 Å². The Kier molecular flexibility index (Phi) is 8.02. The quantitative estimate of drug-likeness (QED) is 0.215. The Morgan fingerprint density at radius 3 is 2.53 bits per heavy atom. The molecule has 5 aromatic rings. The van der Waals surface area contributed by atoms with Gasteiger partial charge in [-0.15, -0.1) is 0 Å². The van der Waals surface area contributed by atoms with E-state index in [1.165, 1.54) is 0 Å². The average Bonchev–Trinajstić information content (AvgIpc) is 3.33. The maximum atomic E-state index is 6.31. The van der Waals surface area contributed by atoms with Gasteiger partial charge in [-0.05, 0) is 68.1 Å². The minimum Gasteiger partial charge on any atom is -0.474 e. The van der Waals surface area contributed by atoms with E-state index in [0.29, 0.717) is 12.3 Å². The first-order chi connectivity index (χ1) is 21.1. The molecule has 2 aromatic carbocycles. The Hall–Kier alpha value is -3.92. The fraction of sp³-hybridized carbons (Fsp3) is 0.364. The molecular weight excluding hydrogens is 562 g/mol. The number of likely N-dealkylation sites (tertiary alicyclic amines) is 1. The van der Waals surface area contributed by atoms with Gasteiger partial charge in [0.15, 0.2) is 0 Å². The molecule has 220 valence electrons. The molecule has 2 aliphatic heterocycles. The fourth-order valence-electron chi connectivity index (χ4n) is 5.72. The Morgan fingerprint density at radius 2 is 1.79 bits per heavy atom. The summed E-state index contributed by atoms with van der Waals surface area (Å²) in [5.74, 6) is 2.44. The zero-order chi connectivity index (χ0) is 29.2. The molecule has 0 bridgehead atoms. The van der Waals surface area contributed by atoms with Crippen molar-refractivity contribution >= 4 is 22.6 Å². The van der Waals surface area contributed by atoms with Crippen LogP contribution in [0.25, 0.3) is 22.3 Å². The number of piperidine rings is 1. The van der Waals surface area contributed by atoms with Crippen LogP contribution in [0.2, 0.25) is 5.02 Å². The first kappa shape index (κ1) is 27.9. The third-order valence-corrected chi connectivity index (χ3v) is 8.49. The molecule has 7 rings (SSSR count). The van der Waals surface area contributed by atoms with E-state index in [0.717, 1.165) is 102 Å². The van der Waals surface area contributed by atoms with Crippen molar-refractivity contribution in [2.75, 3.05) is 19.7 Å². The number of aromatic nitrogens is 6. The number of hydrogen-bond donors (Lipinski definition) is 0. The Morgan fingerprint density at radius 1 is 0.953 bits per heavy atom. The number of benzene rings is 2. The van der Waals surface area contributed by atoms with Gasteiger partial charge in [-0.1, -0.05) is 29.8 Å². The van der Waals surface area contributed by atoms with Crippen LogP contribution in [0.5, 0.6) is 5.88 Å². The number of imidazole rings is 1. The van der Waals surface area contributed by atoms with Gasteiger partial charge in [0.2, 0.25) is 5.88 Å². The zero-order valence-electron chi connectivity index (χ0n) is 24.2. The van der Waals surface area contributed by atoms with E-state index in [2.05, 4.69) is 47.8 Å². The van der Waals surface area contributed by atoms with Gasteiger partial charge in [0.1, 0.15) is 17.8 Å². The summed E-state index contributed by atoms with van der Waals surface area (Å²) in [6, 6.07) is 20.0. The number of halogens is 1. The van der Waals surface area contributed by atoms with Crippen LogP contribution in [0.3, 0.4) is 0 Å². The van der Waals surface area contributed by atoms with Gasteiger partial charge >= 0.3 is 0 Å². The lowest BCUT2D eigenvalue weighted by molar-refractivity contribution is -0.0592. The molecule has 10 heteroatoms. The average molecular weight is 596 g/mol. The molecular formula is C33H34ClN7O2. The molecule has 0 saturated carbocycles. The Labute approximate surface area is 255 Å². The highest BCUT2D eigenvalue weighted by molar-refractivity contribution is 6.30. The summed E-state index contributed by atoms with van der Waals surface area (Å²) in [5.41, 5.74) is 6.01. The first-order valence-electron chi connectivity index (χ1n) is 14.9. The van der Waals surface area contributed by atoms with Crippen molar-refractivity contribution in [2.24, 2.45) is 0 Å². The van der Waals surface area contributed by atoms with Crippen molar-refractivity contribution in [1.29, 1.82) is 0 Å². The molecule has 0 spiro atoms. The van der Waals surface area contributed by atoms with Crippen molar-refractivity contribution in [3.8, 4) is 17.1 Å². The van der Waals surface area contributed by atoms with Crippen LogP contribution >= 0.6 is 11.6 Å². The standard InChI is InChI=1S/C33H34ClN7O2/c1-22-2-8-28(39-38-22)24-5-9-30-29(19-24)36-32(41(30)20-27-13-17-42-27)21-40-15-11-26(12-16-40)43-33-10-14-35-31(37-33)18-23-3-6-25(34)7-4-23/h2-10,14,19,26-27H,11-13,15-18,20-21H2,1H3. The molecule has 0 amide bonds. The van der Waals surface area contributed by atoms with Crippen molar-refractivity contribution < 1.29 is 9.47 Å². The van der Waals surface area contributed by atoms with E-state index in [1.807, 2.05) is 49.4 Å². The van der Waals surface area contributed by atoms with Crippen LogP contribution in [0, 0.1) is 6.92 Å². The molecule has 43 heavy (non-hydrogen) atoms. The van der Waals surface area contributed by atoms with Gasteiger partial charge in [0.05, 0.1) is 41.6 Å². The lowest BCUT2D eigenvalue weighted by Gasteiger charge is -2.32. The number of hydrogen-bond acceptors (Lipinski definition) is 8. The van der Waals surface area contributed by atoms with Gasteiger partial charge in [-0.25, -0.2) is 9.97 Å². The summed E-state index contributed by atoms with van der Waals surface area (Å²) in [4.78, 5) is 16.7. The lowest BCUT2D eigenvalue weighted by Crippen LogP contribution is -2.39. The summed E-state index contributed by atoms with van der Waals surface area (Å²) < 4.78 is 14.5. The van der Waals surface area contributed by atoms with E-state index in [-0.39, 0.29) is 12.2 Å². The zero-order valence-corrected chi connectivity index (χ0v) is 25.0. The number of nitrogens with zero attached hydrogens (tertiary/aromatic N) is 7. The van der Waals surface area contributed by atoms with Crippen LogP contribution in [0.15, 0.2) is 66.9 Å². The Balaban J connectivity index is 1.01. The smallest absolute Gasteiger partial charge is 0.216 e. The van der Waals surface area contributed by atoms with E-state index in [4.69, 9.17) is 26.1 Å². The molecule has 0 radical (unpaired) electrons. The first-order valence-corrected chi connectivity index (χ1v) is 15.3. The van der Waals surface area contributed by atoms with Gasteiger partial charge in [-0.2, -0.15) is 15.2 Å². The van der Waals surface area contributed by atoms with E-state index < -0.39 is 0 Å². The van der Waals surface area contributed by atoms with Crippen molar-refractivity contribution in [2.45, 2.75) is 57.9 Å². The van der Waals surface area contributed by atoms with Gasteiger partial charge < -0.3 is 14.0 Å². The molecule has 2 saturated heterocycles. The summed E-state index contributed by atoms with van der Waals surface area (Å²) in [6.07, 6.45) is 5.72. The molecule has 2 fully saturated rings. The molecule has 3 aromatic heterocycles. The molecule has 5 heterocycles. The van der Waals surface area contributed by atoms with Crippen LogP contribution in [0.1, 0.15) is 42.2 Å². The Bertz CT molecular complexity index is 1700. The topological polar surface area (TPSA) is 91.1 Å². The highest BCUT2D eigenvalue weighted by atomic mass is 35.5. The summed E-state index contributed by atoms with van der Waals surface area (Å²) in [6.45, 7) is 6.25. The SMILES string of the molecule is Cc1ccc(-c2ccc3c(c2)nc(CN2CCC(Oc4ccnc(Cc5ccc(Cl)cc5)n4)CC2)n3CC2CCO2)nn1. The normalized spacial score (nSPS) is 17.7. The number of aryl methyl sites for hydroxylation is 1. The van der Waals surface area contributed by atoms with Gasteiger partial charge in [0, 0.05) is 49.0 Å². The van der Waals surface area contributed by atoms with Crippen molar-refractivity contribution in [1.82, 2.24) is 34.6 Å². The molecule has 2 aliphatic rings. The summed E-state index contributed by atoms with van der Waals surface area (Å²) in [5, 5.41) is 9.33. The van der Waals surface area contributed by atoms with Crippen LogP contribution in [-0.4, -0.2) is 66.5 Å². The second kappa shape index (κ2) is 12.4. The van der Waals surface area contributed by atoms with E-state index >= 15 is 0 Å². The number of rotatable bonds is 9. The molecule has 1 atom stereocenters. The lowest BCUT2D eigenvalue weighted by atomic mass is 10.1. The van der Waals surface area contributed by atoms with Crippen LogP contribution < -0.4 is 4.74 Å². The van der Waals surface area contributed by atoms with Crippen molar-refractivity contribution in [3.05, 3.63) is 94.8 Å². The predicted octanol–water partition coefficient (Wildman–Crippen LogP) is 5.67. The second-order valence-electron chi connectivity index (χ2n) is 11.4. The van der Waals surface area contributed by atoms with Crippen LogP contribution in [-0.2, 0) is 24.2 Å². The monoisotopic (exact) mass is 595 g/mol. The van der Waals surface area contributed by atoms with Gasteiger partial charge in [0.25, 0.3) is 0 Å². The largest absolute Gasteiger partial charge is 0.474 e. The maximum Gasteiger partial charge on any atom is 0.216 e. The predicted molar refractivity (Wildman–Crippen MR) is 165 cm³/mol. The fourth-order valence-corrected chi connectivity index (χ4v) is 5.85. The number of ether oxygens (including phenoxy) is 2.